The molecule has 0 atom stereocenters. The summed E-state index contributed by atoms with van der Waals surface area (Å²) < 4.78 is 0. The lowest BCUT2D eigenvalue weighted by Crippen LogP contribution is -2.22. The standard InChI is InChI=1S/C24H26N2S2/c1-24(2,23-14-18-7-5-6-8-19(18)16-26-23)15-17-9-10-20-21(13-17)25-12-11-22(20)28(3,4)27/h5-14,16,27H,15H2,1-4H3. The zero-order chi connectivity index (χ0) is 19.9. The number of nitrogens with zero attached hydrogens (tertiary/aromatic N) is 2. The topological polar surface area (TPSA) is 25.8 Å². The molecule has 0 aliphatic rings. The van der Waals surface area contributed by atoms with Crippen LogP contribution < -0.4 is 0 Å². The van der Waals surface area contributed by atoms with Crippen LogP contribution in [0.4, 0.5) is 0 Å². The molecule has 0 N–H and O–H groups in total. The molecule has 0 aliphatic heterocycles. The van der Waals surface area contributed by atoms with Gasteiger partial charge in [-0.15, -0.1) is 11.7 Å². The first-order valence-corrected chi connectivity index (χ1v) is 12.9. The molecule has 0 bridgehead atoms. The Morgan fingerprint density at radius 1 is 0.929 bits per heavy atom. The second kappa shape index (κ2) is 7.09. The summed E-state index contributed by atoms with van der Waals surface area (Å²) in [5.74, 6) is 0. The Labute approximate surface area is 173 Å². The highest BCUT2D eigenvalue weighted by atomic mass is 33.1. The fourth-order valence-corrected chi connectivity index (χ4v) is 5.35. The summed E-state index contributed by atoms with van der Waals surface area (Å²) in [7, 11) is -1.10. The second-order valence-electron chi connectivity index (χ2n) is 8.41. The molecule has 4 rings (SSSR count). The Morgan fingerprint density at radius 2 is 1.68 bits per heavy atom. The summed E-state index contributed by atoms with van der Waals surface area (Å²) in [6.45, 7) is 4.53. The van der Waals surface area contributed by atoms with Gasteiger partial charge in [-0.05, 0) is 48.1 Å². The minimum absolute atomic E-state index is 0.0661. The zero-order valence-corrected chi connectivity index (χ0v) is 18.5. The van der Waals surface area contributed by atoms with Gasteiger partial charge in [0, 0.05) is 39.2 Å². The molecule has 0 fully saturated rings. The molecule has 0 spiro atoms. The van der Waals surface area contributed by atoms with Crippen molar-refractivity contribution < 1.29 is 0 Å². The highest BCUT2D eigenvalue weighted by Gasteiger charge is 2.23. The van der Waals surface area contributed by atoms with Crippen LogP contribution in [0.1, 0.15) is 25.1 Å². The highest BCUT2D eigenvalue weighted by Crippen LogP contribution is 2.55. The van der Waals surface area contributed by atoms with E-state index in [-0.39, 0.29) is 5.41 Å². The third-order valence-electron chi connectivity index (χ3n) is 5.28. The molecule has 4 aromatic rings. The number of hydrogen-bond donors (Lipinski definition) is 1. The molecule has 0 amide bonds. The predicted octanol–water partition coefficient (Wildman–Crippen LogP) is 6.57. The maximum absolute atomic E-state index is 4.84. The Bertz CT molecular complexity index is 1160. The smallest absolute Gasteiger partial charge is 0.0715 e. The van der Waals surface area contributed by atoms with Gasteiger partial charge in [-0.1, -0.05) is 50.2 Å². The van der Waals surface area contributed by atoms with Crippen LogP contribution in [-0.4, -0.2) is 22.5 Å². The van der Waals surface area contributed by atoms with Gasteiger partial charge in [-0.2, -0.15) is 9.06 Å². The minimum Gasteiger partial charge on any atom is -0.260 e. The maximum Gasteiger partial charge on any atom is 0.0715 e. The van der Waals surface area contributed by atoms with Crippen LogP contribution in [0.25, 0.3) is 21.7 Å². The molecule has 0 radical (unpaired) electrons. The van der Waals surface area contributed by atoms with Crippen molar-refractivity contribution in [3.05, 3.63) is 78.2 Å². The number of thiol groups is 1. The predicted molar refractivity (Wildman–Crippen MR) is 127 cm³/mol. The molecule has 28 heavy (non-hydrogen) atoms. The van der Waals surface area contributed by atoms with Crippen molar-refractivity contribution in [3.63, 3.8) is 0 Å². The Hall–Kier alpha value is -2.04. The fraction of sp³-hybridized carbons (Fsp3) is 0.250. The van der Waals surface area contributed by atoms with Gasteiger partial charge in [0.15, 0.2) is 0 Å². The Morgan fingerprint density at radius 3 is 2.43 bits per heavy atom. The molecule has 144 valence electrons. The maximum atomic E-state index is 4.84. The van der Waals surface area contributed by atoms with Gasteiger partial charge in [0.25, 0.3) is 0 Å². The average Bonchev–Trinajstić information content (AvgIpc) is 2.66. The van der Waals surface area contributed by atoms with Gasteiger partial charge in [0.05, 0.1) is 5.52 Å². The fourth-order valence-electron chi connectivity index (χ4n) is 3.77. The van der Waals surface area contributed by atoms with Crippen LogP contribution in [0.2, 0.25) is 0 Å². The minimum atomic E-state index is -1.10. The van der Waals surface area contributed by atoms with E-state index in [1.807, 2.05) is 12.4 Å². The van der Waals surface area contributed by atoms with Gasteiger partial charge in [-0.3, -0.25) is 9.97 Å². The van der Waals surface area contributed by atoms with Crippen LogP contribution in [0.15, 0.2) is 71.9 Å². The van der Waals surface area contributed by atoms with E-state index >= 15 is 0 Å². The van der Waals surface area contributed by atoms with Gasteiger partial charge in [-0.25, -0.2) is 0 Å². The van der Waals surface area contributed by atoms with E-state index in [2.05, 4.69) is 85.9 Å². The summed E-state index contributed by atoms with van der Waals surface area (Å²) in [5, 5.41) is 3.63. The van der Waals surface area contributed by atoms with Crippen molar-refractivity contribution in [3.8, 4) is 0 Å². The second-order valence-corrected chi connectivity index (χ2v) is 14.1. The summed E-state index contributed by atoms with van der Waals surface area (Å²) in [4.78, 5) is 10.7. The van der Waals surface area contributed by atoms with E-state index in [1.54, 1.807) is 0 Å². The number of benzene rings is 2. The molecule has 0 saturated carbocycles. The largest absolute Gasteiger partial charge is 0.260 e. The van der Waals surface area contributed by atoms with Crippen LogP contribution in [0, 0.1) is 0 Å². The molecular formula is C24H26N2S2. The van der Waals surface area contributed by atoms with Crippen LogP contribution >= 0.6 is 20.7 Å². The Balaban J connectivity index is 1.69. The molecule has 4 heteroatoms. The first-order valence-electron chi connectivity index (χ1n) is 9.43. The first kappa shape index (κ1) is 19.3. The van der Waals surface area contributed by atoms with Gasteiger partial charge in [0.2, 0.25) is 0 Å². The van der Waals surface area contributed by atoms with Gasteiger partial charge >= 0.3 is 0 Å². The highest BCUT2D eigenvalue weighted by molar-refractivity contribution is 8.87. The third-order valence-corrected chi connectivity index (χ3v) is 7.30. The van der Waals surface area contributed by atoms with E-state index in [9.17, 15) is 0 Å². The summed E-state index contributed by atoms with van der Waals surface area (Å²) in [5.41, 5.74) is 3.38. The van der Waals surface area contributed by atoms with Gasteiger partial charge in [0.1, 0.15) is 0 Å². The zero-order valence-electron chi connectivity index (χ0n) is 16.8. The summed E-state index contributed by atoms with van der Waals surface area (Å²) in [6.07, 6.45) is 9.21. The third kappa shape index (κ3) is 3.76. The molecular weight excluding hydrogens is 380 g/mol. The van der Waals surface area contributed by atoms with Crippen molar-refractivity contribution in [2.45, 2.75) is 30.6 Å². The van der Waals surface area contributed by atoms with Crippen molar-refractivity contribution in [2.75, 3.05) is 12.5 Å². The van der Waals surface area contributed by atoms with E-state index in [1.165, 1.54) is 26.6 Å². The molecule has 2 aromatic heterocycles. The molecule has 2 nitrogen and oxygen atoms in total. The Kier molecular flexibility index (Phi) is 4.88. The van der Waals surface area contributed by atoms with E-state index < -0.39 is 9.06 Å². The van der Waals surface area contributed by atoms with Crippen LogP contribution in [0.3, 0.4) is 0 Å². The van der Waals surface area contributed by atoms with E-state index in [4.69, 9.17) is 16.6 Å². The lowest BCUT2D eigenvalue weighted by molar-refractivity contribution is 0.506. The quantitative estimate of drug-likeness (QED) is 0.306. The van der Waals surface area contributed by atoms with Crippen molar-refractivity contribution in [2.24, 2.45) is 0 Å². The number of fused-ring (bicyclic) bond motifs is 2. The van der Waals surface area contributed by atoms with E-state index in [0.717, 1.165) is 17.6 Å². The average molecular weight is 407 g/mol. The SMILES string of the molecule is CC(C)(Cc1ccc2c(S(C)(C)S)ccnc2c1)c1cc2ccccc2cn1. The van der Waals surface area contributed by atoms with Crippen LogP contribution in [-0.2, 0) is 11.8 Å². The molecule has 0 unspecified atom stereocenters. The number of rotatable bonds is 4. The van der Waals surface area contributed by atoms with Gasteiger partial charge < -0.3 is 0 Å². The lowest BCUT2D eigenvalue weighted by atomic mass is 9.81. The molecule has 0 saturated heterocycles. The normalized spacial score (nSPS) is 13.2. The summed E-state index contributed by atoms with van der Waals surface area (Å²) >= 11 is 4.84. The number of hydrogen-bond acceptors (Lipinski definition) is 3. The van der Waals surface area contributed by atoms with Crippen molar-refractivity contribution in [1.82, 2.24) is 9.97 Å². The number of pyridine rings is 2. The summed E-state index contributed by atoms with van der Waals surface area (Å²) in [6, 6.07) is 19.4. The lowest BCUT2D eigenvalue weighted by Gasteiger charge is -2.27. The van der Waals surface area contributed by atoms with Crippen LogP contribution in [0.5, 0.6) is 0 Å². The van der Waals surface area contributed by atoms with E-state index in [0.29, 0.717) is 0 Å². The van der Waals surface area contributed by atoms with Crippen molar-refractivity contribution in [1.29, 1.82) is 0 Å². The monoisotopic (exact) mass is 406 g/mol. The molecule has 0 aliphatic carbocycles. The molecule has 2 aromatic carbocycles. The first-order chi connectivity index (χ1) is 13.2. The molecule has 2 heterocycles. The van der Waals surface area contributed by atoms with Crippen molar-refractivity contribution >= 4 is 42.4 Å². The number of aromatic nitrogens is 2.